The summed E-state index contributed by atoms with van der Waals surface area (Å²) >= 11 is 0. The van der Waals surface area contributed by atoms with Gasteiger partial charge in [0.1, 0.15) is 0 Å². The molecule has 102 valence electrons. The van der Waals surface area contributed by atoms with Crippen molar-refractivity contribution in [2.75, 3.05) is 19.6 Å². The van der Waals surface area contributed by atoms with Crippen LogP contribution in [-0.2, 0) is 0 Å². The minimum atomic E-state index is -4.00. The molecule has 1 heterocycles. The smallest absolute Gasteiger partial charge is 0.315 e. The van der Waals surface area contributed by atoms with Crippen LogP contribution in [0.2, 0.25) is 0 Å². The summed E-state index contributed by atoms with van der Waals surface area (Å²) in [5.74, 6) is 0. The molecule has 1 atom stereocenters. The van der Waals surface area contributed by atoms with E-state index in [0.29, 0.717) is 13.0 Å². The standard InChI is InChI=1S/C12H23F3N2/c1-11(6-2-5-9-17-11)10-16-8-4-3-7-12(13,14)15/h16-17H,2-10H2,1H3. The maximum absolute atomic E-state index is 11.9. The highest BCUT2D eigenvalue weighted by Crippen LogP contribution is 2.22. The molecular formula is C12H23F3N2. The Hall–Kier alpha value is -0.290. The van der Waals surface area contributed by atoms with Crippen molar-refractivity contribution >= 4 is 0 Å². The first-order valence-electron chi connectivity index (χ1n) is 6.44. The second-order valence-corrected chi connectivity index (χ2v) is 5.19. The largest absolute Gasteiger partial charge is 0.389 e. The second kappa shape index (κ2) is 6.59. The molecule has 0 spiro atoms. The molecular weight excluding hydrogens is 229 g/mol. The van der Waals surface area contributed by atoms with Crippen LogP contribution in [0.25, 0.3) is 0 Å². The minimum Gasteiger partial charge on any atom is -0.315 e. The molecule has 0 bridgehead atoms. The minimum absolute atomic E-state index is 0.127. The van der Waals surface area contributed by atoms with Gasteiger partial charge < -0.3 is 10.6 Å². The number of alkyl halides is 3. The van der Waals surface area contributed by atoms with Gasteiger partial charge in [-0.3, -0.25) is 0 Å². The molecule has 2 N–H and O–H groups in total. The Bertz CT molecular complexity index is 210. The van der Waals surface area contributed by atoms with Crippen molar-refractivity contribution in [3.63, 3.8) is 0 Å². The van der Waals surface area contributed by atoms with Gasteiger partial charge in [-0.25, -0.2) is 0 Å². The van der Waals surface area contributed by atoms with Crippen LogP contribution in [0.5, 0.6) is 0 Å². The van der Waals surface area contributed by atoms with Crippen molar-refractivity contribution in [3.8, 4) is 0 Å². The number of piperidine rings is 1. The summed E-state index contributed by atoms with van der Waals surface area (Å²) < 4.78 is 35.7. The van der Waals surface area contributed by atoms with Gasteiger partial charge in [0.15, 0.2) is 0 Å². The third kappa shape index (κ3) is 6.88. The Balaban J connectivity index is 2.00. The lowest BCUT2D eigenvalue weighted by Crippen LogP contribution is -2.52. The number of unbranched alkanes of at least 4 members (excludes halogenated alkanes) is 1. The van der Waals surface area contributed by atoms with Crippen molar-refractivity contribution in [2.45, 2.75) is 57.2 Å². The Kier molecular flexibility index (Phi) is 5.73. The highest BCUT2D eigenvalue weighted by molar-refractivity contribution is 4.88. The summed E-state index contributed by atoms with van der Waals surface area (Å²) in [6.07, 6.45) is -0.250. The Morgan fingerprint density at radius 1 is 1.24 bits per heavy atom. The van der Waals surface area contributed by atoms with Crippen LogP contribution in [0.4, 0.5) is 13.2 Å². The van der Waals surface area contributed by atoms with Gasteiger partial charge in [0, 0.05) is 18.5 Å². The van der Waals surface area contributed by atoms with E-state index in [9.17, 15) is 13.2 Å². The molecule has 1 aliphatic heterocycles. The van der Waals surface area contributed by atoms with E-state index in [1.807, 2.05) is 0 Å². The molecule has 1 saturated heterocycles. The highest BCUT2D eigenvalue weighted by atomic mass is 19.4. The van der Waals surface area contributed by atoms with Crippen LogP contribution < -0.4 is 10.6 Å². The average Bonchev–Trinajstić information content (AvgIpc) is 2.23. The molecule has 17 heavy (non-hydrogen) atoms. The summed E-state index contributed by atoms with van der Waals surface area (Å²) in [7, 11) is 0. The molecule has 0 amide bonds. The molecule has 0 radical (unpaired) electrons. The van der Waals surface area contributed by atoms with Crippen LogP contribution in [0.3, 0.4) is 0 Å². The zero-order valence-electron chi connectivity index (χ0n) is 10.5. The van der Waals surface area contributed by atoms with E-state index >= 15 is 0 Å². The van der Waals surface area contributed by atoms with E-state index < -0.39 is 12.6 Å². The lowest BCUT2D eigenvalue weighted by molar-refractivity contribution is -0.135. The summed E-state index contributed by atoms with van der Waals surface area (Å²) in [4.78, 5) is 0. The molecule has 0 aromatic rings. The van der Waals surface area contributed by atoms with Gasteiger partial charge in [0.05, 0.1) is 0 Å². The van der Waals surface area contributed by atoms with Gasteiger partial charge in [0.2, 0.25) is 0 Å². The second-order valence-electron chi connectivity index (χ2n) is 5.19. The highest BCUT2D eigenvalue weighted by Gasteiger charge is 2.26. The van der Waals surface area contributed by atoms with E-state index in [4.69, 9.17) is 0 Å². The fourth-order valence-electron chi connectivity index (χ4n) is 2.21. The van der Waals surface area contributed by atoms with Crippen LogP contribution in [0, 0.1) is 0 Å². The molecule has 2 nitrogen and oxygen atoms in total. The van der Waals surface area contributed by atoms with Gasteiger partial charge in [-0.1, -0.05) is 6.42 Å². The van der Waals surface area contributed by atoms with Crippen molar-refractivity contribution in [3.05, 3.63) is 0 Å². The number of halogens is 3. The third-order valence-corrected chi connectivity index (χ3v) is 3.29. The number of hydrogen-bond donors (Lipinski definition) is 2. The Morgan fingerprint density at radius 2 is 2.00 bits per heavy atom. The van der Waals surface area contributed by atoms with Gasteiger partial charge in [-0.05, 0) is 45.7 Å². The monoisotopic (exact) mass is 252 g/mol. The third-order valence-electron chi connectivity index (χ3n) is 3.29. The molecule has 5 heteroatoms. The van der Waals surface area contributed by atoms with E-state index in [1.54, 1.807) is 0 Å². The maximum Gasteiger partial charge on any atom is 0.389 e. The van der Waals surface area contributed by atoms with Gasteiger partial charge in [-0.2, -0.15) is 13.2 Å². The van der Waals surface area contributed by atoms with E-state index in [-0.39, 0.29) is 12.0 Å². The van der Waals surface area contributed by atoms with Crippen molar-refractivity contribution in [2.24, 2.45) is 0 Å². The zero-order valence-corrected chi connectivity index (χ0v) is 10.5. The maximum atomic E-state index is 11.9. The molecule has 1 unspecified atom stereocenters. The predicted molar refractivity (Wildman–Crippen MR) is 63.0 cm³/mol. The molecule has 1 rings (SSSR count). The zero-order chi connectivity index (χ0) is 12.8. The summed E-state index contributed by atoms with van der Waals surface area (Å²) in [5.41, 5.74) is 0.127. The first kappa shape index (κ1) is 14.8. The van der Waals surface area contributed by atoms with Gasteiger partial charge in [0.25, 0.3) is 0 Å². The molecule has 1 fully saturated rings. The van der Waals surface area contributed by atoms with Crippen molar-refractivity contribution < 1.29 is 13.2 Å². The van der Waals surface area contributed by atoms with E-state index in [0.717, 1.165) is 19.5 Å². The Labute approximate surface area is 101 Å². The number of nitrogens with one attached hydrogen (secondary N) is 2. The normalized spacial score (nSPS) is 26.1. The fourth-order valence-corrected chi connectivity index (χ4v) is 2.21. The lowest BCUT2D eigenvalue weighted by Gasteiger charge is -2.35. The average molecular weight is 252 g/mol. The van der Waals surface area contributed by atoms with Crippen molar-refractivity contribution in [1.29, 1.82) is 0 Å². The van der Waals surface area contributed by atoms with Crippen molar-refractivity contribution in [1.82, 2.24) is 10.6 Å². The Morgan fingerprint density at radius 3 is 2.59 bits per heavy atom. The van der Waals surface area contributed by atoms with Gasteiger partial charge in [-0.15, -0.1) is 0 Å². The SMILES string of the molecule is CC1(CNCCCCC(F)(F)F)CCCCN1. The fraction of sp³-hybridized carbons (Fsp3) is 1.00. The molecule has 0 aliphatic carbocycles. The van der Waals surface area contributed by atoms with E-state index in [2.05, 4.69) is 17.6 Å². The quantitative estimate of drug-likeness (QED) is 0.710. The van der Waals surface area contributed by atoms with Crippen LogP contribution >= 0.6 is 0 Å². The van der Waals surface area contributed by atoms with E-state index in [1.165, 1.54) is 12.8 Å². The summed E-state index contributed by atoms with van der Waals surface area (Å²) in [5, 5.41) is 6.72. The lowest BCUT2D eigenvalue weighted by atomic mass is 9.91. The number of rotatable bonds is 6. The summed E-state index contributed by atoms with van der Waals surface area (Å²) in [6.45, 7) is 4.74. The number of hydrogen-bond acceptors (Lipinski definition) is 2. The first-order valence-corrected chi connectivity index (χ1v) is 6.44. The van der Waals surface area contributed by atoms with Crippen LogP contribution in [-0.4, -0.2) is 31.3 Å². The van der Waals surface area contributed by atoms with Crippen LogP contribution in [0.15, 0.2) is 0 Å². The molecule has 0 aromatic carbocycles. The molecule has 0 saturated carbocycles. The van der Waals surface area contributed by atoms with Gasteiger partial charge >= 0.3 is 6.18 Å². The first-order chi connectivity index (χ1) is 7.91. The topological polar surface area (TPSA) is 24.1 Å². The molecule has 0 aromatic heterocycles. The summed E-state index contributed by atoms with van der Waals surface area (Å²) in [6, 6.07) is 0. The predicted octanol–water partition coefficient (Wildman–Crippen LogP) is 2.84. The van der Waals surface area contributed by atoms with Crippen LogP contribution in [0.1, 0.15) is 45.4 Å². The molecule has 1 aliphatic rings.